The molecule has 1 rings (SSSR count). The van der Waals surface area contributed by atoms with Gasteiger partial charge in [0.2, 0.25) is 11.9 Å². The van der Waals surface area contributed by atoms with Crippen LogP contribution in [0.1, 0.15) is 5.69 Å². The van der Waals surface area contributed by atoms with E-state index in [4.69, 9.17) is 23.2 Å². The minimum Gasteiger partial charge on any atom is -0.293 e. The summed E-state index contributed by atoms with van der Waals surface area (Å²) >= 11 is 10.9. The number of nitrogens with zero attached hydrogens (tertiary/aromatic N) is 2. The molecule has 0 aliphatic heterocycles. The molecule has 13 heavy (non-hydrogen) atoms. The van der Waals surface area contributed by atoms with Gasteiger partial charge in [-0.05, 0) is 13.0 Å². The molecule has 0 radical (unpaired) electrons. The van der Waals surface area contributed by atoms with Crippen LogP contribution in [0.2, 0.25) is 5.15 Å². The summed E-state index contributed by atoms with van der Waals surface area (Å²) in [6.07, 6.45) is 0. The summed E-state index contributed by atoms with van der Waals surface area (Å²) in [5.74, 6) is -0.312. The molecule has 1 aromatic rings. The molecule has 70 valence electrons. The first-order valence-electron chi connectivity index (χ1n) is 3.49. The van der Waals surface area contributed by atoms with Crippen LogP contribution in [0.15, 0.2) is 6.07 Å². The molecule has 0 aliphatic rings. The van der Waals surface area contributed by atoms with Crippen LogP contribution in [0.5, 0.6) is 0 Å². The van der Waals surface area contributed by atoms with Gasteiger partial charge >= 0.3 is 0 Å². The fourth-order valence-corrected chi connectivity index (χ4v) is 1.05. The van der Waals surface area contributed by atoms with Gasteiger partial charge in [-0.25, -0.2) is 9.97 Å². The molecule has 0 saturated heterocycles. The van der Waals surface area contributed by atoms with E-state index in [1.54, 1.807) is 13.0 Å². The van der Waals surface area contributed by atoms with Crippen LogP contribution >= 0.6 is 23.2 Å². The van der Waals surface area contributed by atoms with Gasteiger partial charge in [-0.15, -0.1) is 11.6 Å². The van der Waals surface area contributed by atoms with E-state index >= 15 is 0 Å². The predicted octanol–water partition coefficient (Wildman–Crippen LogP) is 1.62. The van der Waals surface area contributed by atoms with Crippen molar-refractivity contribution in [3.63, 3.8) is 0 Å². The first-order valence-corrected chi connectivity index (χ1v) is 4.40. The van der Waals surface area contributed by atoms with E-state index in [1.807, 2.05) is 0 Å². The fraction of sp³-hybridized carbons (Fsp3) is 0.286. The minimum atomic E-state index is -0.358. The third kappa shape index (κ3) is 3.16. The molecule has 0 bridgehead atoms. The van der Waals surface area contributed by atoms with Gasteiger partial charge in [-0.3, -0.25) is 10.1 Å². The topological polar surface area (TPSA) is 54.9 Å². The van der Waals surface area contributed by atoms with Crippen molar-refractivity contribution in [1.29, 1.82) is 0 Å². The Labute approximate surface area is 85.3 Å². The van der Waals surface area contributed by atoms with Crippen LogP contribution in [-0.2, 0) is 4.79 Å². The highest BCUT2D eigenvalue weighted by Gasteiger charge is 2.03. The highest BCUT2D eigenvalue weighted by atomic mass is 35.5. The van der Waals surface area contributed by atoms with E-state index in [0.29, 0.717) is 5.69 Å². The Kier molecular flexibility index (Phi) is 3.45. The summed E-state index contributed by atoms with van der Waals surface area (Å²) in [4.78, 5) is 18.6. The number of nitrogens with one attached hydrogen (secondary N) is 1. The third-order valence-corrected chi connectivity index (χ3v) is 1.63. The van der Waals surface area contributed by atoms with Crippen LogP contribution in [0.3, 0.4) is 0 Å². The number of hydrogen-bond donors (Lipinski definition) is 1. The van der Waals surface area contributed by atoms with Gasteiger partial charge in [0.05, 0.1) is 0 Å². The first-order chi connectivity index (χ1) is 6.11. The van der Waals surface area contributed by atoms with E-state index in [2.05, 4.69) is 15.3 Å². The molecular weight excluding hydrogens is 213 g/mol. The number of carbonyl (C=O) groups is 1. The number of anilines is 1. The highest BCUT2D eigenvalue weighted by Crippen LogP contribution is 2.09. The molecule has 1 aromatic heterocycles. The lowest BCUT2D eigenvalue weighted by Crippen LogP contribution is -2.15. The molecule has 0 saturated carbocycles. The second kappa shape index (κ2) is 4.39. The standard InChI is InChI=1S/C7H7Cl2N3O/c1-4-2-5(9)11-7(10-4)12-6(13)3-8/h2H,3H2,1H3,(H,10,11,12,13). The van der Waals surface area contributed by atoms with Crippen molar-refractivity contribution in [2.75, 3.05) is 11.2 Å². The number of carbonyl (C=O) groups excluding carboxylic acids is 1. The molecule has 1 heterocycles. The fourth-order valence-electron chi connectivity index (χ4n) is 0.744. The second-order valence-corrected chi connectivity index (χ2v) is 2.99. The lowest BCUT2D eigenvalue weighted by molar-refractivity contribution is -0.114. The average Bonchev–Trinajstić information content (AvgIpc) is 2.02. The van der Waals surface area contributed by atoms with Gasteiger partial charge < -0.3 is 0 Å². The molecular formula is C7H7Cl2N3O. The van der Waals surface area contributed by atoms with E-state index in [0.717, 1.165) is 0 Å². The number of rotatable bonds is 2. The molecule has 0 unspecified atom stereocenters. The van der Waals surface area contributed by atoms with Gasteiger partial charge in [0, 0.05) is 5.69 Å². The quantitative estimate of drug-likeness (QED) is 0.608. The zero-order valence-electron chi connectivity index (χ0n) is 6.84. The van der Waals surface area contributed by atoms with Gasteiger partial charge in [0.1, 0.15) is 11.0 Å². The summed E-state index contributed by atoms with van der Waals surface area (Å²) in [6, 6.07) is 1.60. The van der Waals surface area contributed by atoms with Gasteiger partial charge in [-0.2, -0.15) is 0 Å². The largest absolute Gasteiger partial charge is 0.293 e. The van der Waals surface area contributed by atoms with E-state index in [9.17, 15) is 4.79 Å². The van der Waals surface area contributed by atoms with Crippen molar-refractivity contribution in [2.24, 2.45) is 0 Å². The SMILES string of the molecule is Cc1cc(Cl)nc(NC(=O)CCl)n1. The zero-order chi connectivity index (χ0) is 9.84. The van der Waals surface area contributed by atoms with Gasteiger partial charge in [0.25, 0.3) is 0 Å². The van der Waals surface area contributed by atoms with Gasteiger partial charge in [-0.1, -0.05) is 11.6 Å². The summed E-state index contributed by atoms with van der Waals surface area (Å²) in [5, 5.41) is 2.68. The predicted molar refractivity (Wildman–Crippen MR) is 51.1 cm³/mol. The van der Waals surface area contributed by atoms with Crippen molar-refractivity contribution >= 4 is 35.1 Å². The molecule has 0 aliphatic carbocycles. The van der Waals surface area contributed by atoms with Crippen LogP contribution in [-0.4, -0.2) is 21.8 Å². The summed E-state index contributed by atoms with van der Waals surface area (Å²) in [5.41, 5.74) is 0.685. The molecule has 6 heteroatoms. The number of halogens is 2. The summed E-state index contributed by atoms with van der Waals surface area (Å²) in [7, 11) is 0. The smallest absolute Gasteiger partial charge is 0.241 e. The molecule has 0 atom stereocenters. The maximum absolute atomic E-state index is 10.8. The van der Waals surface area contributed by atoms with Crippen LogP contribution in [0.25, 0.3) is 0 Å². The lowest BCUT2D eigenvalue weighted by Gasteiger charge is -2.01. The third-order valence-electron chi connectivity index (χ3n) is 1.20. The van der Waals surface area contributed by atoms with Crippen LogP contribution < -0.4 is 5.32 Å². The second-order valence-electron chi connectivity index (χ2n) is 2.34. The molecule has 0 fully saturated rings. The Bertz CT molecular complexity index is 309. The van der Waals surface area contributed by atoms with Crippen molar-refractivity contribution in [2.45, 2.75) is 6.92 Å². The van der Waals surface area contributed by atoms with Gasteiger partial charge in [0.15, 0.2) is 0 Å². The first kappa shape index (κ1) is 10.2. The molecule has 0 aromatic carbocycles. The molecule has 1 N–H and O–H groups in total. The maximum atomic E-state index is 10.8. The Balaban J connectivity index is 2.83. The van der Waals surface area contributed by atoms with Crippen molar-refractivity contribution < 1.29 is 4.79 Å². The molecule has 1 amide bonds. The van der Waals surface area contributed by atoms with E-state index < -0.39 is 0 Å². The minimum absolute atomic E-state index is 0.130. The van der Waals surface area contributed by atoms with E-state index in [-0.39, 0.29) is 22.9 Å². The molecule has 0 spiro atoms. The number of alkyl halides is 1. The zero-order valence-corrected chi connectivity index (χ0v) is 8.35. The number of aryl methyl sites for hydroxylation is 1. The summed E-state index contributed by atoms with van der Waals surface area (Å²) in [6.45, 7) is 1.75. The lowest BCUT2D eigenvalue weighted by atomic mass is 10.5. The summed E-state index contributed by atoms with van der Waals surface area (Å²) < 4.78 is 0. The Morgan fingerprint density at radius 1 is 1.62 bits per heavy atom. The average molecular weight is 220 g/mol. The number of hydrogen-bond acceptors (Lipinski definition) is 3. The number of amides is 1. The normalized spacial score (nSPS) is 9.77. The Morgan fingerprint density at radius 2 is 2.31 bits per heavy atom. The monoisotopic (exact) mass is 219 g/mol. The number of aromatic nitrogens is 2. The Morgan fingerprint density at radius 3 is 2.85 bits per heavy atom. The molecule has 4 nitrogen and oxygen atoms in total. The van der Waals surface area contributed by atoms with Crippen molar-refractivity contribution in [3.05, 3.63) is 16.9 Å². The van der Waals surface area contributed by atoms with Crippen molar-refractivity contribution in [1.82, 2.24) is 9.97 Å². The van der Waals surface area contributed by atoms with E-state index in [1.165, 1.54) is 0 Å². The van der Waals surface area contributed by atoms with Crippen LogP contribution in [0.4, 0.5) is 5.95 Å². The Hall–Kier alpha value is -0.870. The van der Waals surface area contributed by atoms with Crippen molar-refractivity contribution in [3.8, 4) is 0 Å². The maximum Gasteiger partial charge on any atom is 0.241 e. The highest BCUT2D eigenvalue weighted by molar-refractivity contribution is 6.30. The van der Waals surface area contributed by atoms with Crippen LogP contribution in [0, 0.1) is 6.92 Å².